The van der Waals surface area contributed by atoms with Gasteiger partial charge in [-0.1, -0.05) is 12.1 Å². The van der Waals surface area contributed by atoms with E-state index in [1.54, 1.807) is 36.3 Å². The molecule has 0 aliphatic rings. The number of nitrogens with zero attached hydrogens (tertiary/aromatic N) is 4. The lowest BCUT2D eigenvalue weighted by molar-refractivity contribution is -0.116. The second-order valence-electron chi connectivity index (χ2n) is 6.30. The summed E-state index contributed by atoms with van der Waals surface area (Å²) in [7, 11) is 1.80. The summed E-state index contributed by atoms with van der Waals surface area (Å²) in [6, 6.07) is 8.96. The lowest BCUT2D eigenvalue weighted by Crippen LogP contribution is -2.14. The van der Waals surface area contributed by atoms with Crippen LogP contribution in [-0.4, -0.2) is 30.6 Å². The molecule has 3 heterocycles. The number of nitrogens with one attached hydrogen (secondary N) is 2. The minimum absolute atomic E-state index is 0.102. The van der Waals surface area contributed by atoms with Crippen LogP contribution in [0.2, 0.25) is 0 Å². The summed E-state index contributed by atoms with van der Waals surface area (Å²) in [5, 5.41) is 8.43. The van der Waals surface area contributed by atoms with Gasteiger partial charge in [-0.25, -0.2) is 9.97 Å². The number of carbonyl (C=O) groups is 1. The first-order chi connectivity index (χ1) is 13.1. The van der Waals surface area contributed by atoms with Gasteiger partial charge in [-0.2, -0.15) is 5.10 Å². The fourth-order valence-electron chi connectivity index (χ4n) is 3.04. The number of hydrogen-bond donors (Lipinski definition) is 2. The quantitative estimate of drug-likeness (QED) is 0.566. The van der Waals surface area contributed by atoms with Gasteiger partial charge in [-0.05, 0) is 24.6 Å². The average molecular weight is 362 g/mol. The van der Waals surface area contributed by atoms with Gasteiger partial charge in [-0.15, -0.1) is 0 Å². The van der Waals surface area contributed by atoms with E-state index in [-0.39, 0.29) is 11.5 Å². The van der Waals surface area contributed by atoms with E-state index < -0.39 is 0 Å². The number of anilines is 1. The number of rotatable bonds is 5. The average Bonchev–Trinajstić information content (AvgIpc) is 3.04. The van der Waals surface area contributed by atoms with Crippen LogP contribution in [0.25, 0.3) is 21.9 Å². The van der Waals surface area contributed by atoms with Crippen molar-refractivity contribution in [1.82, 2.24) is 24.7 Å². The Bertz CT molecular complexity index is 1190. The van der Waals surface area contributed by atoms with Crippen molar-refractivity contribution >= 4 is 33.5 Å². The molecule has 0 radical (unpaired) electrons. The number of H-pyrrole nitrogens is 1. The first kappa shape index (κ1) is 16.9. The fourth-order valence-corrected chi connectivity index (χ4v) is 3.04. The highest BCUT2D eigenvalue weighted by atomic mass is 16.1. The Morgan fingerprint density at radius 2 is 2.07 bits per heavy atom. The van der Waals surface area contributed by atoms with Crippen LogP contribution in [0.3, 0.4) is 0 Å². The Morgan fingerprint density at radius 3 is 2.96 bits per heavy atom. The highest BCUT2D eigenvalue weighted by Gasteiger charge is 2.10. The zero-order valence-electron chi connectivity index (χ0n) is 14.8. The van der Waals surface area contributed by atoms with Crippen molar-refractivity contribution in [2.75, 3.05) is 5.32 Å². The van der Waals surface area contributed by atoms with E-state index in [0.717, 1.165) is 5.39 Å². The molecule has 0 aliphatic heterocycles. The summed E-state index contributed by atoms with van der Waals surface area (Å²) in [5.74, 6) is 0.486. The molecule has 136 valence electrons. The number of benzene rings is 1. The molecule has 0 aliphatic carbocycles. The smallest absolute Gasteiger partial charge is 0.258 e. The van der Waals surface area contributed by atoms with Gasteiger partial charge < -0.3 is 10.3 Å². The van der Waals surface area contributed by atoms with E-state index in [2.05, 4.69) is 25.4 Å². The molecule has 8 nitrogen and oxygen atoms in total. The van der Waals surface area contributed by atoms with Crippen LogP contribution in [0.15, 0.2) is 47.5 Å². The standard InChI is InChI=1S/C19H18N6O2/c1-25-18-13(11-21-25)15(9-10-20-18)23-17(26)8-4-7-16-22-14-6-3-2-5-12(14)19(27)24-16/h2-3,5-6,9-11H,4,7-8H2,1H3,(H,20,23,26)(H,22,24,27). The minimum Gasteiger partial charge on any atom is -0.325 e. The maximum absolute atomic E-state index is 12.3. The highest BCUT2D eigenvalue weighted by molar-refractivity contribution is 5.99. The molecule has 1 amide bonds. The summed E-state index contributed by atoms with van der Waals surface area (Å²) in [6.45, 7) is 0. The van der Waals surface area contributed by atoms with E-state index >= 15 is 0 Å². The highest BCUT2D eigenvalue weighted by Crippen LogP contribution is 2.20. The Hall–Kier alpha value is -3.55. The largest absolute Gasteiger partial charge is 0.325 e. The molecule has 0 fully saturated rings. The monoisotopic (exact) mass is 362 g/mol. The number of fused-ring (bicyclic) bond motifs is 2. The van der Waals surface area contributed by atoms with E-state index in [9.17, 15) is 9.59 Å². The van der Waals surface area contributed by atoms with Gasteiger partial charge in [0.05, 0.1) is 28.2 Å². The van der Waals surface area contributed by atoms with E-state index in [1.165, 1.54) is 0 Å². The molecule has 3 aromatic heterocycles. The van der Waals surface area contributed by atoms with Gasteiger partial charge in [0, 0.05) is 26.1 Å². The molecule has 0 saturated carbocycles. The van der Waals surface area contributed by atoms with E-state index in [0.29, 0.717) is 47.3 Å². The number of aromatic nitrogens is 5. The molecule has 0 spiro atoms. The molecule has 2 N–H and O–H groups in total. The number of hydrogen-bond acceptors (Lipinski definition) is 5. The van der Waals surface area contributed by atoms with Crippen LogP contribution in [0, 0.1) is 0 Å². The van der Waals surface area contributed by atoms with E-state index in [1.807, 2.05) is 18.2 Å². The number of pyridine rings is 1. The van der Waals surface area contributed by atoms with Crippen LogP contribution < -0.4 is 10.9 Å². The lowest BCUT2D eigenvalue weighted by Gasteiger charge is -2.06. The summed E-state index contributed by atoms with van der Waals surface area (Å²) >= 11 is 0. The molecule has 4 aromatic rings. The predicted molar refractivity (Wildman–Crippen MR) is 102 cm³/mol. The van der Waals surface area contributed by atoms with Crippen LogP contribution in [0.1, 0.15) is 18.7 Å². The molecule has 0 bridgehead atoms. The zero-order valence-corrected chi connectivity index (χ0v) is 14.8. The predicted octanol–water partition coefficient (Wildman–Crippen LogP) is 2.17. The van der Waals surface area contributed by atoms with Crippen LogP contribution in [0.5, 0.6) is 0 Å². The summed E-state index contributed by atoms with van der Waals surface area (Å²) in [4.78, 5) is 35.8. The Labute approximate surface area is 154 Å². The van der Waals surface area contributed by atoms with Crippen molar-refractivity contribution in [2.24, 2.45) is 7.05 Å². The number of aryl methyl sites for hydroxylation is 2. The van der Waals surface area contributed by atoms with Gasteiger partial charge in [0.1, 0.15) is 5.82 Å². The third kappa shape index (κ3) is 3.41. The molecule has 4 rings (SSSR count). The second-order valence-corrected chi connectivity index (χ2v) is 6.30. The van der Waals surface area contributed by atoms with Gasteiger partial charge in [-0.3, -0.25) is 14.3 Å². The minimum atomic E-state index is -0.157. The number of amides is 1. The molecule has 0 saturated heterocycles. The molecule has 0 atom stereocenters. The fraction of sp³-hybridized carbons (Fsp3) is 0.211. The SMILES string of the molecule is Cn1ncc2c(NC(=O)CCCc3nc4ccccc4c(=O)[nH]3)ccnc21. The van der Waals surface area contributed by atoms with Gasteiger partial charge >= 0.3 is 0 Å². The van der Waals surface area contributed by atoms with Crippen LogP contribution in [0.4, 0.5) is 5.69 Å². The second kappa shape index (κ2) is 6.99. The number of para-hydroxylation sites is 1. The summed E-state index contributed by atoms with van der Waals surface area (Å²) in [5.41, 5.74) is 1.91. The third-order valence-corrected chi connectivity index (χ3v) is 4.39. The Balaban J connectivity index is 1.40. The molecular formula is C19H18N6O2. The molecule has 27 heavy (non-hydrogen) atoms. The Morgan fingerprint density at radius 1 is 1.22 bits per heavy atom. The topological polar surface area (TPSA) is 106 Å². The van der Waals surface area contributed by atoms with Crippen molar-refractivity contribution in [3.05, 3.63) is 58.9 Å². The molecule has 0 unspecified atom stereocenters. The molecular weight excluding hydrogens is 344 g/mol. The van der Waals surface area contributed by atoms with Crippen molar-refractivity contribution in [2.45, 2.75) is 19.3 Å². The van der Waals surface area contributed by atoms with Crippen molar-refractivity contribution in [1.29, 1.82) is 0 Å². The summed E-state index contributed by atoms with van der Waals surface area (Å²) < 4.78 is 1.66. The van der Waals surface area contributed by atoms with E-state index in [4.69, 9.17) is 0 Å². The van der Waals surface area contributed by atoms with Gasteiger partial charge in [0.15, 0.2) is 5.65 Å². The Kier molecular flexibility index (Phi) is 4.37. The number of carbonyl (C=O) groups excluding carboxylic acids is 1. The third-order valence-electron chi connectivity index (χ3n) is 4.39. The van der Waals surface area contributed by atoms with Crippen molar-refractivity contribution in [3.8, 4) is 0 Å². The summed E-state index contributed by atoms with van der Waals surface area (Å²) in [6.07, 6.45) is 4.74. The first-order valence-electron chi connectivity index (χ1n) is 8.66. The maximum Gasteiger partial charge on any atom is 0.258 e. The van der Waals surface area contributed by atoms with Crippen molar-refractivity contribution in [3.63, 3.8) is 0 Å². The number of aromatic amines is 1. The van der Waals surface area contributed by atoms with Gasteiger partial charge in [0.2, 0.25) is 5.91 Å². The van der Waals surface area contributed by atoms with Crippen LogP contribution in [-0.2, 0) is 18.3 Å². The first-order valence-corrected chi connectivity index (χ1v) is 8.66. The maximum atomic E-state index is 12.3. The van der Waals surface area contributed by atoms with Crippen LogP contribution >= 0.6 is 0 Å². The molecule has 8 heteroatoms. The van der Waals surface area contributed by atoms with Gasteiger partial charge in [0.25, 0.3) is 5.56 Å². The van der Waals surface area contributed by atoms with Crippen molar-refractivity contribution < 1.29 is 4.79 Å². The lowest BCUT2D eigenvalue weighted by atomic mass is 10.2. The normalized spacial score (nSPS) is 11.1. The zero-order chi connectivity index (χ0) is 18.8. The molecule has 1 aromatic carbocycles.